The van der Waals surface area contributed by atoms with Crippen molar-refractivity contribution < 1.29 is 14.3 Å². The summed E-state index contributed by atoms with van der Waals surface area (Å²) in [5.41, 5.74) is 4.57. The minimum absolute atomic E-state index is 0.00910. The van der Waals surface area contributed by atoms with E-state index >= 15 is 0 Å². The molecule has 0 bridgehead atoms. The van der Waals surface area contributed by atoms with Crippen molar-refractivity contribution in [2.45, 2.75) is 13.5 Å². The van der Waals surface area contributed by atoms with Crippen LogP contribution < -0.4 is 20.5 Å². The van der Waals surface area contributed by atoms with Gasteiger partial charge >= 0.3 is 0 Å². The van der Waals surface area contributed by atoms with Gasteiger partial charge in [0.2, 0.25) is 0 Å². The Bertz CT molecular complexity index is 1170. The molecule has 0 spiro atoms. The number of hydrogen-bond acceptors (Lipinski definition) is 5. The molecule has 160 valence electrons. The molecule has 0 fully saturated rings. The van der Waals surface area contributed by atoms with E-state index in [0.717, 1.165) is 11.1 Å². The summed E-state index contributed by atoms with van der Waals surface area (Å²) in [5.74, 6) is 0.227. The van der Waals surface area contributed by atoms with E-state index in [1.165, 1.54) is 31.1 Å². The molecule has 3 rings (SSSR count). The van der Waals surface area contributed by atoms with Gasteiger partial charge in [-0.3, -0.25) is 9.59 Å². The number of carbonyl (C=O) groups excluding carboxylic acids is 1. The summed E-state index contributed by atoms with van der Waals surface area (Å²) in [4.78, 5) is 25.2. The molecule has 0 aliphatic rings. The fraction of sp³-hybridized carbons (Fsp3) is 0.174. The zero-order valence-corrected chi connectivity index (χ0v) is 18.1. The van der Waals surface area contributed by atoms with Gasteiger partial charge in [0.15, 0.2) is 11.5 Å². The molecule has 1 aromatic heterocycles. The first-order valence-corrected chi connectivity index (χ1v) is 9.81. The number of benzene rings is 2. The maximum atomic E-state index is 12.7. The van der Waals surface area contributed by atoms with Crippen LogP contribution in [0.15, 0.2) is 64.6 Å². The third kappa shape index (κ3) is 5.13. The van der Waals surface area contributed by atoms with Crippen molar-refractivity contribution in [3.05, 3.63) is 92.4 Å². The number of halogens is 1. The molecule has 1 N–H and O–H groups in total. The monoisotopic (exact) mass is 439 g/mol. The van der Waals surface area contributed by atoms with Crippen LogP contribution in [0.3, 0.4) is 0 Å². The fourth-order valence-electron chi connectivity index (χ4n) is 2.95. The lowest BCUT2D eigenvalue weighted by atomic mass is 10.1. The van der Waals surface area contributed by atoms with Crippen molar-refractivity contribution in [2.24, 2.45) is 5.10 Å². The lowest BCUT2D eigenvalue weighted by Crippen LogP contribution is -2.30. The van der Waals surface area contributed by atoms with Gasteiger partial charge in [0.1, 0.15) is 5.56 Å². The second kappa shape index (κ2) is 9.95. The Hall–Kier alpha value is -3.58. The van der Waals surface area contributed by atoms with E-state index in [0.29, 0.717) is 28.6 Å². The number of methoxy groups -OCH3 is 2. The molecule has 7 nitrogen and oxygen atoms in total. The summed E-state index contributed by atoms with van der Waals surface area (Å²) in [6.45, 7) is 2.36. The Morgan fingerprint density at radius 3 is 2.55 bits per heavy atom. The minimum Gasteiger partial charge on any atom is -0.493 e. The Labute approximate surface area is 184 Å². The number of amides is 1. The van der Waals surface area contributed by atoms with Crippen LogP contribution in [0.1, 0.15) is 27.0 Å². The summed E-state index contributed by atoms with van der Waals surface area (Å²) in [6, 6.07) is 14.3. The lowest BCUT2D eigenvalue weighted by molar-refractivity contribution is 0.0953. The molecule has 0 unspecified atom stereocenters. The number of carbonyl (C=O) groups is 1. The van der Waals surface area contributed by atoms with E-state index in [1.807, 2.05) is 31.2 Å². The van der Waals surface area contributed by atoms with E-state index in [4.69, 9.17) is 21.1 Å². The molecular formula is C23H22ClN3O4. The molecule has 0 saturated carbocycles. The minimum atomic E-state index is -0.615. The van der Waals surface area contributed by atoms with Gasteiger partial charge in [-0.05, 0) is 36.8 Å². The van der Waals surface area contributed by atoms with Crippen molar-refractivity contribution in [3.63, 3.8) is 0 Å². The Kier molecular flexibility index (Phi) is 7.10. The highest BCUT2D eigenvalue weighted by molar-refractivity contribution is 6.34. The normalized spacial score (nSPS) is 10.8. The van der Waals surface area contributed by atoms with Crippen LogP contribution in [-0.2, 0) is 6.54 Å². The van der Waals surface area contributed by atoms with E-state index in [-0.39, 0.29) is 5.56 Å². The molecule has 0 aliphatic carbocycles. The van der Waals surface area contributed by atoms with Crippen LogP contribution in [0.2, 0.25) is 5.02 Å². The highest BCUT2D eigenvalue weighted by Crippen LogP contribution is 2.36. The number of nitrogens with one attached hydrogen (secondary N) is 1. The standard InChI is InChI=1S/C23H22ClN3O4/c1-15-6-8-16(9-7-15)14-27-12-4-5-18(23(27)29)22(28)26-25-13-17-10-11-19(30-2)21(31-3)20(17)24/h4-13H,14H2,1-3H3,(H,26,28)/b25-13-. The predicted octanol–water partition coefficient (Wildman–Crippen LogP) is 3.64. The highest BCUT2D eigenvalue weighted by Gasteiger charge is 2.13. The number of aromatic nitrogens is 1. The van der Waals surface area contributed by atoms with Crippen molar-refractivity contribution in [1.82, 2.24) is 9.99 Å². The zero-order chi connectivity index (χ0) is 22.4. The number of rotatable bonds is 7. The summed E-state index contributed by atoms with van der Waals surface area (Å²) < 4.78 is 11.9. The number of ether oxygens (including phenoxy) is 2. The van der Waals surface area contributed by atoms with Gasteiger partial charge in [0, 0.05) is 11.8 Å². The van der Waals surface area contributed by atoms with Crippen molar-refractivity contribution in [3.8, 4) is 11.5 Å². The molecule has 0 saturated heterocycles. The van der Waals surface area contributed by atoms with Gasteiger partial charge in [0.05, 0.1) is 32.0 Å². The Morgan fingerprint density at radius 1 is 1.13 bits per heavy atom. The van der Waals surface area contributed by atoms with E-state index in [9.17, 15) is 9.59 Å². The van der Waals surface area contributed by atoms with Crippen molar-refractivity contribution >= 4 is 23.7 Å². The van der Waals surface area contributed by atoms with Crippen molar-refractivity contribution in [1.29, 1.82) is 0 Å². The quantitative estimate of drug-likeness (QED) is 0.450. The molecule has 8 heteroatoms. The average Bonchev–Trinajstić information content (AvgIpc) is 2.77. The predicted molar refractivity (Wildman–Crippen MR) is 121 cm³/mol. The number of pyridine rings is 1. The topological polar surface area (TPSA) is 81.9 Å². The first-order valence-electron chi connectivity index (χ1n) is 9.43. The van der Waals surface area contributed by atoms with Crippen LogP contribution >= 0.6 is 11.6 Å². The largest absolute Gasteiger partial charge is 0.493 e. The molecule has 0 atom stereocenters. The molecule has 1 amide bonds. The molecule has 2 aromatic carbocycles. The third-order valence-electron chi connectivity index (χ3n) is 4.62. The number of nitrogens with zero attached hydrogens (tertiary/aromatic N) is 2. The summed E-state index contributed by atoms with van der Waals surface area (Å²) >= 11 is 6.30. The number of hydrazone groups is 1. The SMILES string of the molecule is COc1ccc(/C=N\NC(=O)c2cccn(Cc3ccc(C)cc3)c2=O)c(Cl)c1OC. The van der Waals surface area contributed by atoms with Gasteiger partial charge in [-0.15, -0.1) is 0 Å². The fourth-order valence-corrected chi connectivity index (χ4v) is 3.23. The maximum Gasteiger partial charge on any atom is 0.276 e. The second-order valence-corrected chi connectivity index (χ2v) is 7.12. The molecule has 0 aliphatic heterocycles. The van der Waals surface area contributed by atoms with Crippen LogP contribution in [-0.4, -0.2) is 30.9 Å². The molecule has 3 aromatic rings. The Balaban J connectivity index is 1.75. The maximum absolute atomic E-state index is 12.7. The summed E-state index contributed by atoms with van der Waals surface area (Å²) in [5, 5.41) is 4.21. The van der Waals surface area contributed by atoms with E-state index in [1.54, 1.807) is 24.4 Å². The van der Waals surface area contributed by atoms with Crippen LogP contribution in [0.5, 0.6) is 11.5 Å². The zero-order valence-electron chi connectivity index (χ0n) is 17.4. The van der Waals surface area contributed by atoms with Gasteiger partial charge in [-0.25, -0.2) is 5.43 Å². The van der Waals surface area contributed by atoms with Gasteiger partial charge in [-0.1, -0.05) is 41.4 Å². The van der Waals surface area contributed by atoms with E-state index in [2.05, 4.69) is 10.5 Å². The lowest BCUT2D eigenvalue weighted by Gasteiger charge is -2.10. The molecular weight excluding hydrogens is 418 g/mol. The van der Waals surface area contributed by atoms with Crippen molar-refractivity contribution in [2.75, 3.05) is 14.2 Å². The van der Waals surface area contributed by atoms with Crippen LogP contribution in [0, 0.1) is 6.92 Å². The molecule has 0 radical (unpaired) electrons. The molecule has 1 heterocycles. The van der Waals surface area contributed by atoms with E-state index < -0.39 is 11.5 Å². The van der Waals surface area contributed by atoms with Gasteiger partial charge in [-0.2, -0.15) is 5.10 Å². The highest BCUT2D eigenvalue weighted by atomic mass is 35.5. The molecule has 31 heavy (non-hydrogen) atoms. The Morgan fingerprint density at radius 2 is 1.87 bits per heavy atom. The smallest absolute Gasteiger partial charge is 0.276 e. The van der Waals surface area contributed by atoms with Crippen LogP contribution in [0.25, 0.3) is 0 Å². The van der Waals surface area contributed by atoms with Gasteiger partial charge < -0.3 is 14.0 Å². The average molecular weight is 440 g/mol. The number of hydrogen-bond donors (Lipinski definition) is 1. The number of aryl methyl sites for hydroxylation is 1. The van der Waals surface area contributed by atoms with Gasteiger partial charge in [0.25, 0.3) is 11.5 Å². The first-order chi connectivity index (χ1) is 14.9. The van der Waals surface area contributed by atoms with Crippen LogP contribution in [0.4, 0.5) is 0 Å². The second-order valence-electron chi connectivity index (χ2n) is 6.74. The summed E-state index contributed by atoms with van der Waals surface area (Å²) in [6.07, 6.45) is 3.02. The third-order valence-corrected chi connectivity index (χ3v) is 5.01. The summed E-state index contributed by atoms with van der Waals surface area (Å²) in [7, 11) is 2.98. The first kappa shape index (κ1) is 22.1.